The van der Waals surface area contributed by atoms with Gasteiger partial charge in [0.05, 0.1) is 5.75 Å². The largest absolute Gasteiger partial charge is 0.357 e. The highest BCUT2D eigenvalue weighted by molar-refractivity contribution is 14.0. The molecule has 0 aromatic heterocycles. The highest BCUT2D eigenvalue weighted by atomic mass is 127. The zero-order valence-electron chi connectivity index (χ0n) is 17.1. The van der Waals surface area contributed by atoms with E-state index in [1.54, 1.807) is 4.31 Å². The van der Waals surface area contributed by atoms with E-state index in [0.717, 1.165) is 38.4 Å². The first-order valence-electron chi connectivity index (χ1n) is 10.2. The van der Waals surface area contributed by atoms with Gasteiger partial charge in [-0.15, -0.1) is 24.0 Å². The molecule has 9 heteroatoms. The fraction of sp³-hybridized carbons (Fsp3) is 0.944. The lowest BCUT2D eigenvalue weighted by atomic mass is 9.99. The highest BCUT2D eigenvalue weighted by Gasteiger charge is 2.27. The molecule has 0 amide bonds. The molecule has 2 saturated heterocycles. The maximum Gasteiger partial charge on any atom is 0.214 e. The summed E-state index contributed by atoms with van der Waals surface area (Å²) in [5.74, 6) is 1.76. The fourth-order valence-corrected chi connectivity index (χ4v) is 5.36. The monoisotopic (exact) mass is 515 g/mol. The summed E-state index contributed by atoms with van der Waals surface area (Å²) >= 11 is 0. The van der Waals surface area contributed by atoms with E-state index in [-0.39, 0.29) is 35.8 Å². The minimum Gasteiger partial charge on any atom is -0.357 e. The first-order chi connectivity index (χ1) is 12.4. The molecule has 0 aromatic rings. The van der Waals surface area contributed by atoms with Crippen LogP contribution in [0.2, 0.25) is 0 Å². The van der Waals surface area contributed by atoms with Crippen LogP contribution in [0.3, 0.4) is 0 Å². The Balaban J connectivity index is 0.00000364. The fourth-order valence-electron chi connectivity index (χ4n) is 3.82. The number of piperidine rings is 2. The van der Waals surface area contributed by atoms with Gasteiger partial charge < -0.3 is 15.5 Å². The maximum absolute atomic E-state index is 12.2. The molecule has 0 radical (unpaired) electrons. The maximum atomic E-state index is 12.2. The summed E-state index contributed by atoms with van der Waals surface area (Å²) in [7, 11) is -0.890. The average Bonchev–Trinajstić information content (AvgIpc) is 2.60. The minimum atomic E-state index is -3.07. The molecule has 0 bridgehead atoms. The van der Waals surface area contributed by atoms with Crippen molar-refractivity contribution in [3.05, 3.63) is 0 Å². The lowest BCUT2D eigenvalue weighted by Crippen LogP contribution is -2.50. The predicted molar refractivity (Wildman–Crippen MR) is 123 cm³/mol. The van der Waals surface area contributed by atoms with Crippen LogP contribution in [0, 0.1) is 5.92 Å². The molecule has 1 unspecified atom stereocenters. The van der Waals surface area contributed by atoms with E-state index in [4.69, 9.17) is 4.99 Å². The molecule has 1 atom stereocenters. The second-order valence-electron chi connectivity index (χ2n) is 7.62. The third-order valence-electron chi connectivity index (χ3n) is 5.22. The number of aliphatic imine (C=N–C) groups is 1. The molecule has 2 N–H and O–H groups in total. The predicted octanol–water partition coefficient (Wildman–Crippen LogP) is 1.71. The number of rotatable bonds is 7. The lowest BCUT2D eigenvalue weighted by molar-refractivity contribution is 0.214. The smallest absolute Gasteiger partial charge is 0.214 e. The third-order valence-corrected chi connectivity index (χ3v) is 7.30. The average molecular weight is 516 g/mol. The molecule has 160 valence electrons. The van der Waals surface area contributed by atoms with E-state index in [1.165, 1.54) is 19.4 Å². The Labute approximate surface area is 182 Å². The summed E-state index contributed by atoms with van der Waals surface area (Å²) in [5, 5.41) is 6.85. The van der Waals surface area contributed by atoms with E-state index in [2.05, 4.69) is 29.5 Å². The molecule has 0 aromatic carbocycles. The number of hydrogen-bond donors (Lipinski definition) is 2. The van der Waals surface area contributed by atoms with Crippen molar-refractivity contribution in [3.63, 3.8) is 0 Å². The second kappa shape index (κ2) is 12.4. The normalized spacial score (nSPS) is 23.7. The number of sulfonamides is 1. The highest BCUT2D eigenvalue weighted by Crippen LogP contribution is 2.16. The van der Waals surface area contributed by atoms with Gasteiger partial charge in [0.2, 0.25) is 10.0 Å². The number of nitrogens with one attached hydrogen (secondary N) is 2. The molecule has 2 fully saturated rings. The standard InChI is InChI=1S/C18H37N5O2S.HI/c1-4-13-26(24,25)23-11-8-17(9-12-23)21-18(19-5-2)20-14-16-7-6-10-22(3)15-16;/h16-17H,4-15H2,1-3H3,(H2,19,20,21);1H. The van der Waals surface area contributed by atoms with Gasteiger partial charge in [0.15, 0.2) is 5.96 Å². The van der Waals surface area contributed by atoms with Crippen LogP contribution in [0.1, 0.15) is 46.0 Å². The SMILES string of the molecule is CCCS(=O)(=O)N1CCC(NC(=NCC2CCCN(C)C2)NCC)CC1.I. The molecule has 0 aliphatic carbocycles. The molecule has 0 spiro atoms. The molecule has 7 nitrogen and oxygen atoms in total. The Morgan fingerprint density at radius 3 is 2.44 bits per heavy atom. The number of halogens is 1. The van der Waals surface area contributed by atoms with Crippen LogP contribution in [0.15, 0.2) is 4.99 Å². The first-order valence-corrected chi connectivity index (χ1v) is 11.8. The summed E-state index contributed by atoms with van der Waals surface area (Å²) in [6.07, 6.45) is 4.85. The van der Waals surface area contributed by atoms with Crippen molar-refractivity contribution in [1.29, 1.82) is 0 Å². The summed E-state index contributed by atoms with van der Waals surface area (Å²) in [4.78, 5) is 7.18. The number of hydrogen-bond acceptors (Lipinski definition) is 4. The van der Waals surface area contributed by atoms with Crippen molar-refractivity contribution < 1.29 is 8.42 Å². The first kappa shape index (κ1) is 24.9. The molecule has 2 rings (SSSR count). The number of nitrogens with zero attached hydrogens (tertiary/aromatic N) is 3. The summed E-state index contributed by atoms with van der Waals surface area (Å²) in [6.45, 7) is 9.19. The molecule has 0 saturated carbocycles. The molecular weight excluding hydrogens is 477 g/mol. The minimum absolute atomic E-state index is 0. The van der Waals surface area contributed by atoms with Crippen molar-refractivity contribution >= 4 is 40.0 Å². The van der Waals surface area contributed by atoms with Crippen LogP contribution in [0.5, 0.6) is 0 Å². The van der Waals surface area contributed by atoms with Gasteiger partial charge in [-0.1, -0.05) is 6.92 Å². The third kappa shape index (κ3) is 8.41. The Morgan fingerprint density at radius 2 is 1.85 bits per heavy atom. The summed E-state index contributed by atoms with van der Waals surface area (Å²) in [5.41, 5.74) is 0. The van der Waals surface area contributed by atoms with Crippen molar-refractivity contribution in [2.75, 3.05) is 52.1 Å². The van der Waals surface area contributed by atoms with E-state index >= 15 is 0 Å². The van der Waals surface area contributed by atoms with Gasteiger partial charge in [-0.3, -0.25) is 4.99 Å². The van der Waals surface area contributed by atoms with Crippen molar-refractivity contribution in [2.45, 2.75) is 52.0 Å². The van der Waals surface area contributed by atoms with Crippen molar-refractivity contribution in [1.82, 2.24) is 19.8 Å². The van der Waals surface area contributed by atoms with Gasteiger partial charge in [-0.25, -0.2) is 12.7 Å². The van der Waals surface area contributed by atoms with Gasteiger partial charge in [0.1, 0.15) is 0 Å². The van der Waals surface area contributed by atoms with Gasteiger partial charge in [0.25, 0.3) is 0 Å². The van der Waals surface area contributed by atoms with E-state index in [0.29, 0.717) is 25.4 Å². The van der Waals surface area contributed by atoms with E-state index in [1.807, 2.05) is 6.92 Å². The van der Waals surface area contributed by atoms with Crippen LogP contribution < -0.4 is 10.6 Å². The molecule has 2 aliphatic rings. The Hall–Kier alpha value is -0.130. The van der Waals surface area contributed by atoms with Gasteiger partial charge in [0, 0.05) is 38.8 Å². The van der Waals surface area contributed by atoms with Crippen LogP contribution in [-0.4, -0.2) is 81.7 Å². The van der Waals surface area contributed by atoms with Crippen LogP contribution in [0.25, 0.3) is 0 Å². The van der Waals surface area contributed by atoms with Crippen molar-refractivity contribution in [2.24, 2.45) is 10.9 Å². The van der Waals surface area contributed by atoms with Crippen LogP contribution in [0.4, 0.5) is 0 Å². The molecule has 2 aliphatic heterocycles. The Morgan fingerprint density at radius 1 is 1.15 bits per heavy atom. The van der Waals surface area contributed by atoms with E-state index in [9.17, 15) is 8.42 Å². The topological polar surface area (TPSA) is 77.0 Å². The van der Waals surface area contributed by atoms with E-state index < -0.39 is 10.0 Å². The Kier molecular flexibility index (Phi) is 11.5. The quantitative estimate of drug-likeness (QED) is 0.307. The van der Waals surface area contributed by atoms with Crippen LogP contribution >= 0.6 is 24.0 Å². The van der Waals surface area contributed by atoms with Crippen molar-refractivity contribution in [3.8, 4) is 0 Å². The second-order valence-corrected chi connectivity index (χ2v) is 9.71. The molecule has 2 heterocycles. The van der Waals surface area contributed by atoms with Gasteiger partial charge in [-0.2, -0.15) is 0 Å². The van der Waals surface area contributed by atoms with Gasteiger partial charge in [-0.05, 0) is 58.5 Å². The van der Waals surface area contributed by atoms with Gasteiger partial charge >= 0.3 is 0 Å². The summed E-state index contributed by atoms with van der Waals surface area (Å²) < 4.78 is 26.0. The summed E-state index contributed by atoms with van der Waals surface area (Å²) in [6, 6.07) is 0.287. The number of guanidine groups is 1. The number of likely N-dealkylation sites (tertiary alicyclic amines) is 1. The van der Waals surface area contributed by atoms with Crippen LogP contribution in [-0.2, 0) is 10.0 Å². The Bertz CT molecular complexity index is 550. The molecular formula is C18H38IN5O2S. The zero-order valence-corrected chi connectivity index (χ0v) is 20.3. The lowest BCUT2D eigenvalue weighted by Gasteiger charge is -2.32. The zero-order chi connectivity index (χ0) is 19.0. The molecule has 27 heavy (non-hydrogen) atoms.